The van der Waals surface area contributed by atoms with E-state index in [0.29, 0.717) is 5.17 Å². The summed E-state index contributed by atoms with van der Waals surface area (Å²) < 4.78 is 25.0. The van der Waals surface area contributed by atoms with Crippen molar-refractivity contribution in [2.75, 3.05) is 16.4 Å². The molecule has 2 heterocycles. The summed E-state index contributed by atoms with van der Waals surface area (Å²) in [6.45, 7) is 5.48. The molecule has 24 heavy (non-hydrogen) atoms. The van der Waals surface area contributed by atoms with Crippen molar-refractivity contribution < 1.29 is 13.2 Å². The molecule has 2 fully saturated rings. The lowest BCUT2D eigenvalue weighted by atomic mass is 9.96. The third-order valence-electron chi connectivity index (χ3n) is 4.01. The molecule has 0 saturated carbocycles. The minimum Gasteiger partial charge on any atom is -0.316 e. The van der Waals surface area contributed by atoms with E-state index in [0.717, 1.165) is 10.2 Å². The average Bonchev–Trinajstić information content (AvgIpc) is 2.90. The molecule has 0 aliphatic carbocycles. The lowest BCUT2D eigenvalue weighted by Gasteiger charge is -2.25. The largest absolute Gasteiger partial charge is 0.316 e. The van der Waals surface area contributed by atoms with Crippen LogP contribution in [0.1, 0.15) is 20.8 Å². The van der Waals surface area contributed by atoms with Crippen molar-refractivity contribution in [3.8, 4) is 0 Å². The highest BCUT2D eigenvalue weighted by Crippen LogP contribution is 2.41. The van der Waals surface area contributed by atoms with E-state index in [1.807, 2.05) is 49.9 Å². The summed E-state index contributed by atoms with van der Waals surface area (Å²) in [6.07, 6.45) is 0. The van der Waals surface area contributed by atoms with Crippen molar-refractivity contribution in [1.82, 2.24) is 0 Å². The zero-order valence-corrected chi connectivity index (χ0v) is 16.9. The number of aliphatic imine (C=N–C) groups is 1. The normalized spacial score (nSPS) is 27.5. The van der Waals surface area contributed by atoms with Crippen LogP contribution in [0.15, 0.2) is 33.7 Å². The standard InChI is InChI=1S/C16H19BrN2O3S2/c1-16(2,3)14(20)18-15-19(11-6-4-10(17)5-7-11)12-8-24(21,22)9-13(12)23-15/h4-7,12-13H,8-9H2,1-3H3/t12-,13+/m1/s1. The lowest BCUT2D eigenvalue weighted by molar-refractivity contribution is -0.124. The van der Waals surface area contributed by atoms with Gasteiger partial charge < -0.3 is 4.90 Å². The predicted molar refractivity (Wildman–Crippen MR) is 102 cm³/mol. The number of thioether (sulfide) groups is 1. The molecule has 0 N–H and O–H groups in total. The Morgan fingerprint density at radius 3 is 2.46 bits per heavy atom. The van der Waals surface area contributed by atoms with Gasteiger partial charge in [-0.15, -0.1) is 0 Å². The molecule has 5 nitrogen and oxygen atoms in total. The second-order valence-electron chi connectivity index (χ2n) is 7.10. The van der Waals surface area contributed by atoms with E-state index in [9.17, 15) is 13.2 Å². The molecule has 0 unspecified atom stereocenters. The molecular formula is C16H19BrN2O3S2. The Balaban J connectivity index is 2.01. The van der Waals surface area contributed by atoms with Gasteiger partial charge in [-0.05, 0) is 24.3 Å². The van der Waals surface area contributed by atoms with E-state index < -0.39 is 15.3 Å². The number of amides is 1. The zero-order valence-electron chi connectivity index (χ0n) is 13.7. The summed E-state index contributed by atoms with van der Waals surface area (Å²) in [5.74, 6) is 0.0385. The minimum atomic E-state index is -3.05. The van der Waals surface area contributed by atoms with Crippen molar-refractivity contribution >= 4 is 54.3 Å². The highest BCUT2D eigenvalue weighted by atomic mass is 79.9. The molecule has 2 aliphatic heterocycles. The van der Waals surface area contributed by atoms with Crippen LogP contribution < -0.4 is 4.90 Å². The first kappa shape index (κ1) is 17.9. The molecular weight excluding hydrogens is 412 g/mol. The molecule has 2 saturated heterocycles. The highest BCUT2D eigenvalue weighted by molar-refractivity contribution is 9.10. The van der Waals surface area contributed by atoms with Gasteiger partial charge >= 0.3 is 0 Å². The van der Waals surface area contributed by atoms with E-state index in [2.05, 4.69) is 20.9 Å². The van der Waals surface area contributed by atoms with Gasteiger partial charge in [0.15, 0.2) is 15.0 Å². The molecule has 2 atom stereocenters. The van der Waals surface area contributed by atoms with E-state index in [4.69, 9.17) is 0 Å². The van der Waals surface area contributed by atoms with Crippen LogP contribution in [0.5, 0.6) is 0 Å². The van der Waals surface area contributed by atoms with E-state index in [-0.39, 0.29) is 28.7 Å². The molecule has 130 valence electrons. The molecule has 0 aromatic heterocycles. The first-order chi connectivity index (χ1) is 11.1. The van der Waals surface area contributed by atoms with E-state index in [1.165, 1.54) is 11.8 Å². The quantitative estimate of drug-likeness (QED) is 0.684. The van der Waals surface area contributed by atoms with Crippen LogP contribution in [-0.2, 0) is 14.6 Å². The maximum absolute atomic E-state index is 12.3. The summed E-state index contributed by atoms with van der Waals surface area (Å²) in [5.41, 5.74) is 0.290. The molecule has 1 amide bonds. The maximum Gasteiger partial charge on any atom is 0.253 e. The minimum absolute atomic E-state index is 0.0786. The van der Waals surface area contributed by atoms with Crippen LogP contribution in [-0.4, -0.2) is 42.3 Å². The topological polar surface area (TPSA) is 66.8 Å². The predicted octanol–water partition coefficient (Wildman–Crippen LogP) is 3.10. The summed E-state index contributed by atoms with van der Waals surface area (Å²) in [5, 5.41) is 0.521. The van der Waals surface area contributed by atoms with E-state index in [1.54, 1.807) is 0 Å². The molecule has 3 rings (SSSR count). The number of halogens is 1. The van der Waals surface area contributed by atoms with Crippen molar-refractivity contribution in [2.24, 2.45) is 10.4 Å². The van der Waals surface area contributed by atoms with Gasteiger partial charge in [-0.25, -0.2) is 8.42 Å². The van der Waals surface area contributed by atoms with E-state index >= 15 is 0 Å². The van der Waals surface area contributed by atoms with Gasteiger partial charge in [-0.3, -0.25) is 4.79 Å². The van der Waals surface area contributed by atoms with Gasteiger partial charge in [0, 0.05) is 20.8 Å². The molecule has 0 radical (unpaired) electrons. The first-order valence-corrected chi connectivity index (χ1v) is 11.1. The second-order valence-corrected chi connectivity index (χ2v) is 11.4. The van der Waals surface area contributed by atoms with Crippen LogP contribution in [0.3, 0.4) is 0 Å². The average molecular weight is 431 g/mol. The maximum atomic E-state index is 12.3. The number of carbonyl (C=O) groups excluding carboxylic acids is 1. The number of benzene rings is 1. The molecule has 8 heteroatoms. The highest BCUT2D eigenvalue weighted by Gasteiger charge is 2.49. The van der Waals surface area contributed by atoms with Crippen LogP contribution >= 0.6 is 27.7 Å². The van der Waals surface area contributed by atoms with Gasteiger partial charge in [0.05, 0.1) is 17.5 Å². The molecule has 0 spiro atoms. The summed E-state index contributed by atoms with van der Waals surface area (Å²) in [4.78, 5) is 18.6. The van der Waals surface area contributed by atoms with Gasteiger partial charge in [-0.1, -0.05) is 48.5 Å². The fourth-order valence-electron chi connectivity index (χ4n) is 2.72. The second kappa shape index (κ2) is 6.14. The van der Waals surface area contributed by atoms with Crippen molar-refractivity contribution in [1.29, 1.82) is 0 Å². The Labute approximate surface area is 155 Å². The number of rotatable bonds is 1. The van der Waals surface area contributed by atoms with Crippen LogP contribution in [0.4, 0.5) is 5.69 Å². The number of carbonyl (C=O) groups is 1. The van der Waals surface area contributed by atoms with Crippen molar-refractivity contribution in [3.05, 3.63) is 28.7 Å². The Morgan fingerprint density at radius 1 is 1.25 bits per heavy atom. The summed E-state index contributed by atoms with van der Waals surface area (Å²) in [7, 11) is -3.05. The van der Waals surface area contributed by atoms with Crippen LogP contribution in [0.25, 0.3) is 0 Å². The number of fused-ring (bicyclic) bond motifs is 1. The third kappa shape index (κ3) is 3.55. The Morgan fingerprint density at radius 2 is 1.88 bits per heavy atom. The molecule has 1 aromatic rings. The fourth-order valence-corrected chi connectivity index (χ4v) is 6.90. The number of amidine groups is 1. The first-order valence-electron chi connectivity index (χ1n) is 7.62. The Kier molecular flexibility index (Phi) is 4.59. The van der Waals surface area contributed by atoms with Gasteiger partial charge in [0.2, 0.25) is 0 Å². The molecule has 1 aromatic carbocycles. The van der Waals surface area contributed by atoms with Crippen molar-refractivity contribution in [2.45, 2.75) is 32.1 Å². The lowest BCUT2D eigenvalue weighted by Crippen LogP contribution is -2.38. The van der Waals surface area contributed by atoms with Gasteiger partial charge in [-0.2, -0.15) is 4.99 Å². The number of anilines is 1. The fraction of sp³-hybridized carbons (Fsp3) is 0.500. The summed E-state index contributed by atoms with van der Waals surface area (Å²) >= 11 is 4.81. The van der Waals surface area contributed by atoms with Crippen LogP contribution in [0.2, 0.25) is 0 Å². The Hall–Kier alpha value is -0.860. The SMILES string of the molecule is CC(C)(C)C(=O)N=C1S[C@H]2CS(=O)(=O)C[C@H]2N1c1ccc(Br)cc1. The number of nitrogens with zero attached hydrogens (tertiary/aromatic N) is 2. The molecule has 2 aliphatic rings. The van der Waals surface area contributed by atoms with Gasteiger partial charge in [0.1, 0.15) is 0 Å². The number of sulfone groups is 1. The zero-order chi connectivity index (χ0) is 17.7. The van der Waals surface area contributed by atoms with Gasteiger partial charge in [0.25, 0.3) is 5.91 Å². The monoisotopic (exact) mass is 430 g/mol. The number of hydrogen-bond acceptors (Lipinski definition) is 4. The van der Waals surface area contributed by atoms with Crippen LogP contribution in [0, 0.1) is 5.41 Å². The smallest absolute Gasteiger partial charge is 0.253 e. The summed E-state index contributed by atoms with van der Waals surface area (Å²) in [6, 6.07) is 7.46. The number of hydrogen-bond donors (Lipinski definition) is 0. The Bertz CT molecular complexity index is 798. The third-order valence-corrected chi connectivity index (χ3v) is 7.75. The van der Waals surface area contributed by atoms with Crippen molar-refractivity contribution in [3.63, 3.8) is 0 Å². The molecule has 0 bridgehead atoms.